The van der Waals surface area contributed by atoms with Crippen molar-refractivity contribution in [3.05, 3.63) is 23.6 Å². The Morgan fingerprint density at radius 2 is 2.22 bits per heavy atom. The fraction of sp³-hybridized carbons (Fsp3) is 0.400. The van der Waals surface area contributed by atoms with Crippen LogP contribution in [0, 0.1) is 5.82 Å². The number of anilines is 1. The SMILES string of the molecule is CC(CS(C)(=O)=O)Nc1nccc(C(=O)O)c1F. The Morgan fingerprint density at radius 3 is 2.72 bits per heavy atom. The highest BCUT2D eigenvalue weighted by Crippen LogP contribution is 2.16. The first kappa shape index (κ1) is 14.4. The van der Waals surface area contributed by atoms with Gasteiger partial charge in [0.15, 0.2) is 11.6 Å². The molecule has 0 saturated heterocycles. The van der Waals surface area contributed by atoms with Crippen LogP contribution in [0.25, 0.3) is 0 Å². The molecule has 1 aromatic rings. The minimum absolute atomic E-state index is 0.203. The molecule has 1 rings (SSSR count). The summed E-state index contributed by atoms with van der Waals surface area (Å²) in [6, 6.07) is 0.454. The summed E-state index contributed by atoms with van der Waals surface area (Å²) in [6.07, 6.45) is 2.20. The highest BCUT2D eigenvalue weighted by molar-refractivity contribution is 7.90. The van der Waals surface area contributed by atoms with Crippen LogP contribution in [-0.2, 0) is 9.84 Å². The number of rotatable bonds is 5. The van der Waals surface area contributed by atoms with Gasteiger partial charge in [-0.15, -0.1) is 0 Å². The van der Waals surface area contributed by atoms with Crippen molar-refractivity contribution in [2.75, 3.05) is 17.3 Å². The molecule has 2 N–H and O–H groups in total. The molecule has 1 unspecified atom stereocenters. The van der Waals surface area contributed by atoms with Crippen molar-refractivity contribution in [3.63, 3.8) is 0 Å². The quantitative estimate of drug-likeness (QED) is 0.824. The molecule has 100 valence electrons. The van der Waals surface area contributed by atoms with Crippen molar-refractivity contribution in [2.45, 2.75) is 13.0 Å². The molecule has 8 heteroatoms. The third-order valence-electron chi connectivity index (χ3n) is 2.06. The second-order valence-corrected chi connectivity index (χ2v) is 6.15. The Balaban J connectivity index is 2.92. The van der Waals surface area contributed by atoms with Crippen LogP contribution in [0.5, 0.6) is 0 Å². The van der Waals surface area contributed by atoms with Gasteiger partial charge in [0.25, 0.3) is 0 Å². The Bertz CT molecular complexity index is 559. The number of carbonyl (C=O) groups is 1. The van der Waals surface area contributed by atoms with Crippen LogP contribution >= 0.6 is 0 Å². The normalized spacial score (nSPS) is 13.1. The first-order chi connectivity index (χ1) is 8.20. The van der Waals surface area contributed by atoms with E-state index < -0.39 is 33.2 Å². The number of halogens is 1. The van der Waals surface area contributed by atoms with Gasteiger partial charge in [-0.1, -0.05) is 0 Å². The average Bonchev–Trinajstić information content (AvgIpc) is 2.17. The number of nitrogens with one attached hydrogen (secondary N) is 1. The zero-order valence-electron chi connectivity index (χ0n) is 9.84. The highest BCUT2D eigenvalue weighted by atomic mass is 32.2. The lowest BCUT2D eigenvalue weighted by Gasteiger charge is -2.14. The van der Waals surface area contributed by atoms with Gasteiger partial charge in [0.1, 0.15) is 15.4 Å². The predicted octanol–water partition coefficient (Wildman–Crippen LogP) is 0.764. The van der Waals surface area contributed by atoms with E-state index in [4.69, 9.17) is 5.11 Å². The maximum atomic E-state index is 13.7. The van der Waals surface area contributed by atoms with Crippen LogP contribution in [0.4, 0.5) is 10.2 Å². The standard InChI is InChI=1S/C10H13FN2O4S/c1-6(5-18(2,16)17)13-9-8(11)7(10(14)15)3-4-12-9/h3-4,6H,5H2,1-2H3,(H,12,13)(H,14,15). The molecule has 1 aromatic heterocycles. The summed E-state index contributed by atoms with van der Waals surface area (Å²) < 4.78 is 35.7. The van der Waals surface area contributed by atoms with E-state index in [0.717, 1.165) is 18.5 Å². The second kappa shape index (κ2) is 5.30. The largest absolute Gasteiger partial charge is 0.478 e. The lowest BCUT2D eigenvalue weighted by molar-refractivity contribution is 0.0691. The predicted molar refractivity (Wildman–Crippen MR) is 63.9 cm³/mol. The summed E-state index contributed by atoms with van der Waals surface area (Å²) in [4.78, 5) is 14.3. The van der Waals surface area contributed by atoms with Gasteiger partial charge in [-0.05, 0) is 13.0 Å². The van der Waals surface area contributed by atoms with E-state index in [-0.39, 0.29) is 11.6 Å². The molecule has 6 nitrogen and oxygen atoms in total. The lowest BCUT2D eigenvalue weighted by atomic mass is 10.2. The van der Waals surface area contributed by atoms with Crippen LogP contribution in [-0.4, -0.2) is 42.5 Å². The van der Waals surface area contributed by atoms with Crippen LogP contribution in [0.2, 0.25) is 0 Å². The summed E-state index contributed by atoms with van der Waals surface area (Å²) in [5, 5.41) is 11.3. The van der Waals surface area contributed by atoms with Gasteiger partial charge < -0.3 is 10.4 Å². The van der Waals surface area contributed by atoms with Gasteiger partial charge in [0.2, 0.25) is 0 Å². The van der Waals surface area contributed by atoms with Crippen molar-refractivity contribution in [2.24, 2.45) is 0 Å². The summed E-state index contributed by atoms with van der Waals surface area (Å²) in [5.41, 5.74) is -0.515. The van der Waals surface area contributed by atoms with Crippen LogP contribution in [0.3, 0.4) is 0 Å². The van der Waals surface area contributed by atoms with E-state index in [1.54, 1.807) is 0 Å². The Kier molecular flexibility index (Phi) is 4.23. The van der Waals surface area contributed by atoms with Crippen molar-refractivity contribution in [1.82, 2.24) is 4.98 Å². The van der Waals surface area contributed by atoms with Gasteiger partial charge in [-0.25, -0.2) is 22.6 Å². The van der Waals surface area contributed by atoms with Crippen LogP contribution in [0.1, 0.15) is 17.3 Å². The van der Waals surface area contributed by atoms with E-state index >= 15 is 0 Å². The number of sulfone groups is 1. The molecule has 0 aromatic carbocycles. The average molecular weight is 276 g/mol. The van der Waals surface area contributed by atoms with E-state index in [1.165, 1.54) is 6.92 Å². The lowest BCUT2D eigenvalue weighted by Crippen LogP contribution is -2.26. The summed E-state index contributed by atoms with van der Waals surface area (Å²) in [6.45, 7) is 1.54. The van der Waals surface area contributed by atoms with Gasteiger partial charge in [0.05, 0.1) is 5.75 Å². The van der Waals surface area contributed by atoms with Crippen LogP contribution in [0.15, 0.2) is 12.3 Å². The summed E-state index contributed by atoms with van der Waals surface area (Å²) in [7, 11) is -3.21. The first-order valence-corrected chi connectivity index (χ1v) is 7.09. The number of nitrogens with zero attached hydrogens (tertiary/aromatic N) is 1. The zero-order chi connectivity index (χ0) is 13.9. The topological polar surface area (TPSA) is 96.4 Å². The minimum Gasteiger partial charge on any atom is -0.478 e. The fourth-order valence-electron chi connectivity index (χ4n) is 1.44. The molecule has 0 bridgehead atoms. The molecule has 1 heterocycles. The molecule has 0 radical (unpaired) electrons. The number of pyridine rings is 1. The van der Waals surface area contributed by atoms with Gasteiger partial charge in [-0.2, -0.15) is 0 Å². The van der Waals surface area contributed by atoms with Gasteiger partial charge in [-0.3, -0.25) is 0 Å². The fourth-order valence-corrected chi connectivity index (χ4v) is 2.43. The molecular weight excluding hydrogens is 263 g/mol. The third-order valence-corrected chi connectivity index (χ3v) is 3.16. The van der Waals surface area contributed by atoms with E-state index in [2.05, 4.69) is 10.3 Å². The highest BCUT2D eigenvalue weighted by Gasteiger charge is 2.17. The number of hydrogen-bond donors (Lipinski definition) is 2. The molecule has 0 fully saturated rings. The molecule has 18 heavy (non-hydrogen) atoms. The third kappa shape index (κ3) is 3.95. The molecule has 0 spiro atoms. The van der Waals surface area contributed by atoms with Crippen molar-refractivity contribution in [3.8, 4) is 0 Å². The number of carboxylic acid groups (broad SMARTS) is 1. The summed E-state index contributed by atoms with van der Waals surface area (Å²) in [5.74, 6) is -2.89. The Morgan fingerprint density at radius 1 is 1.61 bits per heavy atom. The minimum atomic E-state index is -3.21. The van der Waals surface area contributed by atoms with Crippen LogP contribution < -0.4 is 5.32 Å². The number of aromatic carboxylic acids is 1. The maximum Gasteiger partial charge on any atom is 0.338 e. The molecule has 0 saturated carbocycles. The molecule has 1 atom stereocenters. The molecule has 0 aliphatic rings. The van der Waals surface area contributed by atoms with E-state index in [0.29, 0.717) is 0 Å². The second-order valence-electron chi connectivity index (χ2n) is 3.96. The van der Waals surface area contributed by atoms with E-state index in [9.17, 15) is 17.6 Å². The zero-order valence-corrected chi connectivity index (χ0v) is 10.7. The molecule has 0 aliphatic carbocycles. The van der Waals surface area contributed by atoms with Crippen molar-refractivity contribution < 1.29 is 22.7 Å². The van der Waals surface area contributed by atoms with Gasteiger partial charge in [0, 0.05) is 18.5 Å². The molecular formula is C10H13FN2O4S. The number of carboxylic acids is 1. The Labute approximate surface area is 104 Å². The number of aromatic nitrogens is 1. The van der Waals surface area contributed by atoms with Gasteiger partial charge >= 0.3 is 5.97 Å². The molecule has 0 aliphatic heterocycles. The monoisotopic (exact) mass is 276 g/mol. The number of hydrogen-bond acceptors (Lipinski definition) is 5. The Hall–Kier alpha value is -1.70. The van der Waals surface area contributed by atoms with Crippen molar-refractivity contribution in [1.29, 1.82) is 0 Å². The first-order valence-electron chi connectivity index (χ1n) is 5.03. The van der Waals surface area contributed by atoms with E-state index in [1.807, 2.05) is 0 Å². The summed E-state index contributed by atoms with van der Waals surface area (Å²) >= 11 is 0. The van der Waals surface area contributed by atoms with Crippen molar-refractivity contribution >= 4 is 21.6 Å². The smallest absolute Gasteiger partial charge is 0.338 e. The molecule has 0 amide bonds. The maximum absolute atomic E-state index is 13.7.